The van der Waals surface area contributed by atoms with Gasteiger partial charge in [0, 0.05) is 22.2 Å². The van der Waals surface area contributed by atoms with Gasteiger partial charge in [-0.3, -0.25) is 4.79 Å². The van der Waals surface area contributed by atoms with Crippen molar-refractivity contribution in [3.63, 3.8) is 0 Å². The molecule has 120 valence electrons. The first-order valence-corrected chi connectivity index (χ1v) is 8.67. The van der Waals surface area contributed by atoms with Crippen molar-refractivity contribution < 1.29 is 14.4 Å². The molecule has 0 saturated carbocycles. The van der Waals surface area contributed by atoms with Gasteiger partial charge in [0.2, 0.25) is 0 Å². The second-order valence-electron chi connectivity index (χ2n) is 5.08. The number of hydroxylamine groups is 1. The van der Waals surface area contributed by atoms with Crippen LogP contribution in [0.4, 0.5) is 0 Å². The quantitative estimate of drug-likeness (QED) is 0.465. The highest BCUT2D eigenvalue weighted by Crippen LogP contribution is 2.36. The predicted molar refractivity (Wildman–Crippen MR) is 91.3 cm³/mol. The largest absolute Gasteiger partial charge is 0.457 e. The van der Waals surface area contributed by atoms with Crippen molar-refractivity contribution in [2.24, 2.45) is 0 Å². The molecule has 0 unspecified atom stereocenters. The molecule has 0 fully saturated rings. The van der Waals surface area contributed by atoms with Crippen LogP contribution in [0.3, 0.4) is 0 Å². The average Bonchev–Trinajstić information content (AvgIpc) is 3.01. The van der Waals surface area contributed by atoms with Crippen LogP contribution < -0.4 is 10.2 Å². The number of ether oxygens (including phenoxy) is 1. The zero-order chi connectivity index (χ0) is 16.1. The summed E-state index contributed by atoms with van der Waals surface area (Å²) in [7, 11) is 0. The van der Waals surface area contributed by atoms with E-state index in [2.05, 4.69) is 22.5 Å². The van der Waals surface area contributed by atoms with Crippen molar-refractivity contribution in [1.82, 2.24) is 5.48 Å². The first-order valence-electron chi connectivity index (χ1n) is 7.30. The Bertz CT molecular complexity index is 708. The van der Waals surface area contributed by atoms with Crippen LogP contribution in [0.5, 0.6) is 11.5 Å². The summed E-state index contributed by atoms with van der Waals surface area (Å²) in [6.45, 7) is 0.859. The van der Waals surface area contributed by atoms with Gasteiger partial charge in [-0.15, -0.1) is 11.8 Å². The Morgan fingerprint density at radius 2 is 2.17 bits per heavy atom. The van der Waals surface area contributed by atoms with Gasteiger partial charge in [0.1, 0.15) is 11.5 Å². The van der Waals surface area contributed by atoms with E-state index in [1.807, 2.05) is 30.0 Å². The molecule has 0 atom stereocenters. The number of thioether (sulfide) groups is 1. The van der Waals surface area contributed by atoms with Gasteiger partial charge >= 0.3 is 6.47 Å². The van der Waals surface area contributed by atoms with Crippen molar-refractivity contribution in [3.05, 3.63) is 52.5 Å². The summed E-state index contributed by atoms with van der Waals surface area (Å²) < 4.78 is 6.04. The number of rotatable bonds is 7. The summed E-state index contributed by atoms with van der Waals surface area (Å²) in [6, 6.07) is 11.7. The maximum Gasteiger partial charge on any atom is 0.312 e. The Morgan fingerprint density at radius 1 is 1.26 bits per heavy atom. The fourth-order valence-corrected chi connectivity index (χ4v) is 3.70. The Balaban J connectivity index is 1.75. The van der Waals surface area contributed by atoms with Crippen LogP contribution in [0, 0.1) is 0 Å². The number of hydrogen-bond donors (Lipinski definition) is 1. The minimum atomic E-state index is 0.363. The van der Waals surface area contributed by atoms with E-state index in [0.717, 1.165) is 23.5 Å². The first-order chi connectivity index (χ1) is 11.3. The van der Waals surface area contributed by atoms with Crippen molar-refractivity contribution in [1.29, 1.82) is 0 Å². The van der Waals surface area contributed by atoms with Crippen LogP contribution in [-0.2, 0) is 22.5 Å². The molecular formula is C17H16ClNO3S. The molecule has 1 heterocycles. The summed E-state index contributed by atoms with van der Waals surface area (Å²) in [5.41, 5.74) is 4.93. The van der Waals surface area contributed by atoms with Crippen LogP contribution >= 0.6 is 23.4 Å². The molecule has 0 amide bonds. The molecular weight excluding hydrogens is 334 g/mol. The van der Waals surface area contributed by atoms with Gasteiger partial charge in [0.05, 0.1) is 0 Å². The van der Waals surface area contributed by atoms with Crippen LogP contribution in [0.25, 0.3) is 0 Å². The normalized spacial score (nSPS) is 12.7. The zero-order valence-corrected chi connectivity index (χ0v) is 14.0. The van der Waals surface area contributed by atoms with E-state index in [1.54, 1.807) is 6.07 Å². The van der Waals surface area contributed by atoms with Gasteiger partial charge in [0.25, 0.3) is 0 Å². The van der Waals surface area contributed by atoms with E-state index in [0.29, 0.717) is 30.2 Å². The summed E-state index contributed by atoms with van der Waals surface area (Å²) in [6.07, 6.45) is 1.77. The summed E-state index contributed by atoms with van der Waals surface area (Å²) in [4.78, 5) is 15.9. The summed E-state index contributed by atoms with van der Waals surface area (Å²) >= 11 is 7.94. The fourth-order valence-electron chi connectivity index (χ4n) is 2.45. The van der Waals surface area contributed by atoms with Crippen LogP contribution in [-0.4, -0.2) is 18.8 Å². The number of hydrogen-bond acceptors (Lipinski definition) is 5. The topological polar surface area (TPSA) is 47.6 Å². The number of fused-ring (bicyclic) bond motifs is 1. The first kappa shape index (κ1) is 16.2. The molecule has 0 spiro atoms. The molecule has 0 aliphatic carbocycles. The highest BCUT2D eigenvalue weighted by molar-refractivity contribution is 7.99. The maximum atomic E-state index is 10.1. The van der Waals surface area contributed by atoms with E-state index < -0.39 is 0 Å². The van der Waals surface area contributed by atoms with Gasteiger partial charge in [0.15, 0.2) is 0 Å². The predicted octanol–water partition coefficient (Wildman–Crippen LogP) is 4.00. The molecule has 0 bridgehead atoms. The van der Waals surface area contributed by atoms with E-state index in [9.17, 15) is 4.79 Å². The lowest BCUT2D eigenvalue weighted by atomic mass is 10.1. The Kier molecular flexibility index (Phi) is 5.43. The standard InChI is InChI=1S/C17H16ClNO3S/c18-14-3-1-12(5-7-19-21-11-20)16(9-14)22-15-4-2-13-6-8-23-17(13)10-15/h1-4,9-11,19H,5-8H2. The van der Waals surface area contributed by atoms with Gasteiger partial charge in [-0.05, 0) is 48.2 Å². The number of aryl methyl sites for hydroxylation is 1. The Morgan fingerprint density at radius 3 is 3.04 bits per heavy atom. The van der Waals surface area contributed by atoms with Crippen LogP contribution in [0.2, 0.25) is 5.02 Å². The third-order valence-corrected chi connectivity index (χ3v) is 4.89. The summed E-state index contributed by atoms with van der Waals surface area (Å²) in [5, 5.41) is 0.622. The third kappa shape index (κ3) is 4.19. The Labute approximate surface area is 144 Å². The minimum Gasteiger partial charge on any atom is -0.457 e. The van der Waals surface area contributed by atoms with Crippen LogP contribution in [0.1, 0.15) is 11.1 Å². The minimum absolute atomic E-state index is 0.363. The maximum absolute atomic E-state index is 10.1. The molecule has 3 rings (SSSR count). The van der Waals surface area contributed by atoms with Crippen molar-refractivity contribution in [2.45, 2.75) is 17.7 Å². The third-order valence-electron chi connectivity index (χ3n) is 3.55. The van der Waals surface area contributed by atoms with Crippen molar-refractivity contribution in [3.8, 4) is 11.5 Å². The average molecular weight is 350 g/mol. The van der Waals surface area contributed by atoms with Gasteiger partial charge in [-0.1, -0.05) is 23.7 Å². The number of carbonyl (C=O) groups excluding carboxylic acids is 1. The number of carbonyl (C=O) groups is 1. The van der Waals surface area contributed by atoms with Crippen LogP contribution in [0.15, 0.2) is 41.3 Å². The monoisotopic (exact) mass is 349 g/mol. The highest BCUT2D eigenvalue weighted by Gasteiger charge is 2.13. The number of benzene rings is 2. The molecule has 0 saturated heterocycles. The molecule has 0 aromatic heterocycles. The fraction of sp³-hybridized carbons (Fsp3) is 0.235. The van der Waals surface area contributed by atoms with Gasteiger partial charge in [-0.2, -0.15) is 5.48 Å². The molecule has 0 radical (unpaired) electrons. The lowest BCUT2D eigenvalue weighted by molar-refractivity contribution is -0.135. The van der Waals surface area contributed by atoms with E-state index in [1.165, 1.54) is 10.5 Å². The second kappa shape index (κ2) is 7.73. The van der Waals surface area contributed by atoms with Crippen molar-refractivity contribution in [2.75, 3.05) is 12.3 Å². The molecule has 6 heteroatoms. The lowest BCUT2D eigenvalue weighted by Crippen LogP contribution is -2.17. The molecule has 2 aromatic rings. The lowest BCUT2D eigenvalue weighted by Gasteiger charge is -2.12. The van der Waals surface area contributed by atoms with Gasteiger partial charge in [-0.25, -0.2) is 0 Å². The Hall–Kier alpha value is -1.69. The summed E-state index contributed by atoms with van der Waals surface area (Å²) in [5.74, 6) is 2.65. The molecule has 23 heavy (non-hydrogen) atoms. The van der Waals surface area contributed by atoms with Gasteiger partial charge < -0.3 is 9.57 Å². The van der Waals surface area contributed by atoms with Crippen molar-refractivity contribution >= 4 is 29.8 Å². The molecule has 2 aromatic carbocycles. The molecule has 4 nitrogen and oxygen atoms in total. The number of nitrogens with one attached hydrogen (secondary N) is 1. The van der Waals surface area contributed by atoms with E-state index >= 15 is 0 Å². The number of halogens is 1. The molecule has 1 aliphatic heterocycles. The molecule has 1 N–H and O–H groups in total. The van der Waals surface area contributed by atoms with E-state index in [-0.39, 0.29) is 0 Å². The highest BCUT2D eigenvalue weighted by atomic mass is 35.5. The molecule has 1 aliphatic rings. The zero-order valence-electron chi connectivity index (χ0n) is 12.4. The SMILES string of the molecule is O=CONCCc1ccc(Cl)cc1Oc1ccc2c(c1)SCC2. The second-order valence-corrected chi connectivity index (χ2v) is 6.65. The smallest absolute Gasteiger partial charge is 0.312 e. The van der Waals surface area contributed by atoms with E-state index in [4.69, 9.17) is 16.3 Å².